The van der Waals surface area contributed by atoms with E-state index in [1.54, 1.807) is 7.11 Å². The molecule has 174 valence electrons. The Hall–Kier alpha value is -3.48. The topological polar surface area (TPSA) is 53.5 Å². The molecule has 0 unspecified atom stereocenters. The Morgan fingerprint density at radius 3 is 2.06 bits per heavy atom. The zero-order chi connectivity index (χ0) is 23.2. The van der Waals surface area contributed by atoms with Crippen LogP contribution < -0.4 is 10.2 Å². The Morgan fingerprint density at radius 1 is 0.794 bits per heavy atom. The maximum absolute atomic E-state index is 5.21. The fourth-order valence-corrected chi connectivity index (χ4v) is 4.68. The Labute approximate surface area is 201 Å². The van der Waals surface area contributed by atoms with Crippen molar-refractivity contribution in [1.29, 1.82) is 0 Å². The van der Waals surface area contributed by atoms with Crippen LogP contribution in [0.2, 0.25) is 0 Å². The smallest absolute Gasteiger partial charge is 0.227 e. The van der Waals surface area contributed by atoms with Crippen molar-refractivity contribution in [1.82, 2.24) is 14.9 Å². The molecule has 5 rings (SSSR count). The van der Waals surface area contributed by atoms with E-state index in [-0.39, 0.29) is 6.04 Å². The zero-order valence-electron chi connectivity index (χ0n) is 19.6. The summed E-state index contributed by atoms with van der Waals surface area (Å²) in [5, 5.41) is 4.46. The van der Waals surface area contributed by atoms with Gasteiger partial charge in [0.1, 0.15) is 5.82 Å². The highest BCUT2D eigenvalue weighted by Gasteiger charge is 2.27. The van der Waals surface area contributed by atoms with Crippen molar-refractivity contribution in [3.8, 4) is 0 Å². The molecule has 2 heterocycles. The molecule has 0 radical (unpaired) electrons. The van der Waals surface area contributed by atoms with E-state index in [0.29, 0.717) is 13.2 Å². The van der Waals surface area contributed by atoms with Crippen molar-refractivity contribution in [3.05, 3.63) is 96.1 Å². The molecule has 4 aromatic rings. The third kappa shape index (κ3) is 4.88. The Morgan fingerprint density at radius 2 is 1.41 bits per heavy atom. The first-order valence-corrected chi connectivity index (χ1v) is 11.9. The number of piperazine rings is 1. The molecule has 0 atom stereocenters. The van der Waals surface area contributed by atoms with Crippen LogP contribution in [-0.2, 0) is 4.74 Å². The first-order chi connectivity index (χ1) is 16.8. The fraction of sp³-hybridized carbons (Fsp3) is 0.286. The van der Waals surface area contributed by atoms with Gasteiger partial charge in [0.05, 0.1) is 18.2 Å². The lowest BCUT2D eigenvalue weighted by Gasteiger charge is -2.40. The Kier molecular flexibility index (Phi) is 6.98. The molecule has 1 saturated heterocycles. The number of ether oxygens (including phenoxy) is 1. The van der Waals surface area contributed by atoms with Crippen molar-refractivity contribution in [2.24, 2.45) is 0 Å². The molecule has 1 aliphatic rings. The maximum atomic E-state index is 5.21. The molecule has 0 spiro atoms. The highest BCUT2D eigenvalue weighted by atomic mass is 16.5. The van der Waals surface area contributed by atoms with Gasteiger partial charge in [0.2, 0.25) is 5.95 Å². The molecule has 1 N–H and O–H groups in total. The quantitative estimate of drug-likeness (QED) is 0.394. The minimum Gasteiger partial charge on any atom is -0.383 e. The number of para-hydroxylation sites is 1. The second-order valence-corrected chi connectivity index (χ2v) is 8.56. The van der Waals surface area contributed by atoms with Gasteiger partial charge in [-0.25, -0.2) is 4.98 Å². The highest BCUT2D eigenvalue weighted by molar-refractivity contribution is 5.90. The predicted octanol–water partition coefficient (Wildman–Crippen LogP) is 4.60. The lowest BCUT2D eigenvalue weighted by molar-refractivity contribution is 0.210. The van der Waals surface area contributed by atoms with Gasteiger partial charge in [0, 0.05) is 45.2 Å². The van der Waals surface area contributed by atoms with Crippen molar-refractivity contribution in [2.45, 2.75) is 6.04 Å². The summed E-state index contributed by atoms with van der Waals surface area (Å²) in [6.07, 6.45) is 0. The molecule has 0 aliphatic carbocycles. The van der Waals surface area contributed by atoms with Gasteiger partial charge < -0.3 is 15.0 Å². The number of anilines is 2. The number of benzene rings is 3. The molecular weight excluding hydrogens is 422 g/mol. The van der Waals surface area contributed by atoms with Crippen molar-refractivity contribution >= 4 is 22.7 Å². The highest BCUT2D eigenvalue weighted by Crippen LogP contribution is 2.30. The van der Waals surface area contributed by atoms with E-state index in [0.717, 1.165) is 48.8 Å². The van der Waals surface area contributed by atoms with E-state index < -0.39 is 0 Å². The van der Waals surface area contributed by atoms with E-state index in [4.69, 9.17) is 14.7 Å². The van der Waals surface area contributed by atoms with Crippen LogP contribution in [0.3, 0.4) is 0 Å². The summed E-state index contributed by atoms with van der Waals surface area (Å²) >= 11 is 0. The van der Waals surface area contributed by atoms with Gasteiger partial charge in [0.25, 0.3) is 0 Å². The first kappa shape index (κ1) is 22.3. The minimum absolute atomic E-state index is 0.244. The maximum Gasteiger partial charge on any atom is 0.227 e. The van der Waals surface area contributed by atoms with Gasteiger partial charge in [-0.2, -0.15) is 4.98 Å². The molecule has 1 fully saturated rings. The lowest BCUT2D eigenvalue weighted by Crippen LogP contribution is -2.48. The van der Waals surface area contributed by atoms with Crippen molar-refractivity contribution < 1.29 is 4.74 Å². The molecule has 0 amide bonds. The monoisotopic (exact) mass is 453 g/mol. The summed E-state index contributed by atoms with van der Waals surface area (Å²) in [7, 11) is 1.71. The van der Waals surface area contributed by atoms with Crippen LogP contribution in [0.5, 0.6) is 0 Å². The van der Waals surface area contributed by atoms with E-state index >= 15 is 0 Å². The van der Waals surface area contributed by atoms with Gasteiger partial charge in [-0.1, -0.05) is 72.8 Å². The Bertz CT molecular complexity index is 1150. The molecular formula is C28H31N5O. The molecule has 6 heteroatoms. The average Bonchev–Trinajstić information content (AvgIpc) is 2.90. The van der Waals surface area contributed by atoms with E-state index in [2.05, 4.69) is 87.9 Å². The second-order valence-electron chi connectivity index (χ2n) is 8.56. The van der Waals surface area contributed by atoms with E-state index in [1.807, 2.05) is 12.1 Å². The van der Waals surface area contributed by atoms with Crippen molar-refractivity contribution in [3.63, 3.8) is 0 Å². The molecule has 1 aliphatic heterocycles. The van der Waals surface area contributed by atoms with Gasteiger partial charge in [0.15, 0.2) is 0 Å². The third-order valence-corrected chi connectivity index (χ3v) is 6.38. The molecule has 34 heavy (non-hydrogen) atoms. The van der Waals surface area contributed by atoms with Crippen LogP contribution in [0.15, 0.2) is 84.9 Å². The van der Waals surface area contributed by atoms with Crippen LogP contribution in [0.25, 0.3) is 10.9 Å². The minimum atomic E-state index is 0.244. The van der Waals surface area contributed by atoms with Crippen LogP contribution in [-0.4, -0.2) is 61.3 Å². The zero-order valence-corrected chi connectivity index (χ0v) is 19.6. The van der Waals surface area contributed by atoms with Gasteiger partial charge in [-0.15, -0.1) is 0 Å². The summed E-state index contributed by atoms with van der Waals surface area (Å²) in [5.41, 5.74) is 3.61. The number of methoxy groups -OCH3 is 1. The number of fused-ring (bicyclic) bond motifs is 1. The van der Waals surface area contributed by atoms with E-state index in [1.165, 1.54) is 11.1 Å². The van der Waals surface area contributed by atoms with Crippen LogP contribution in [0.4, 0.5) is 11.8 Å². The normalized spacial score (nSPS) is 14.6. The third-order valence-electron chi connectivity index (χ3n) is 6.38. The number of hydrogen-bond donors (Lipinski definition) is 1. The first-order valence-electron chi connectivity index (χ1n) is 11.9. The largest absolute Gasteiger partial charge is 0.383 e. The summed E-state index contributed by atoms with van der Waals surface area (Å²) in [6, 6.07) is 30.0. The number of aromatic nitrogens is 2. The van der Waals surface area contributed by atoms with Crippen molar-refractivity contribution in [2.75, 3.05) is 56.7 Å². The molecule has 0 bridgehead atoms. The van der Waals surface area contributed by atoms with Crippen LogP contribution in [0.1, 0.15) is 17.2 Å². The SMILES string of the molecule is COCCNc1nc(N2CCN(C(c3ccccc3)c3ccccc3)CC2)nc2ccccc12. The molecule has 6 nitrogen and oxygen atoms in total. The molecule has 1 aromatic heterocycles. The second kappa shape index (κ2) is 10.6. The molecule has 3 aromatic carbocycles. The van der Waals surface area contributed by atoms with Gasteiger partial charge in [-0.3, -0.25) is 4.90 Å². The Balaban J connectivity index is 1.37. The summed E-state index contributed by atoms with van der Waals surface area (Å²) in [5.74, 6) is 1.65. The van der Waals surface area contributed by atoms with Crippen LogP contribution in [0, 0.1) is 0 Å². The summed E-state index contributed by atoms with van der Waals surface area (Å²) in [6.45, 7) is 4.99. The van der Waals surface area contributed by atoms with Crippen LogP contribution >= 0.6 is 0 Å². The summed E-state index contributed by atoms with van der Waals surface area (Å²) < 4.78 is 5.21. The lowest BCUT2D eigenvalue weighted by atomic mass is 9.96. The van der Waals surface area contributed by atoms with E-state index in [9.17, 15) is 0 Å². The van der Waals surface area contributed by atoms with Gasteiger partial charge >= 0.3 is 0 Å². The summed E-state index contributed by atoms with van der Waals surface area (Å²) in [4.78, 5) is 14.7. The number of nitrogens with one attached hydrogen (secondary N) is 1. The number of hydrogen-bond acceptors (Lipinski definition) is 6. The predicted molar refractivity (Wildman–Crippen MR) is 138 cm³/mol. The standard InChI is InChI=1S/C28H31N5O/c1-34-21-16-29-27-24-14-8-9-15-25(24)30-28(31-27)33-19-17-32(18-20-33)26(22-10-4-2-5-11-22)23-12-6-3-7-13-23/h2-15,26H,16-21H2,1H3,(H,29,30,31). The van der Waals surface area contributed by atoms with Gasteiger partial charge in [-0.05, 0) is 23.3 Å². The average molecular weight is 454 g/mol. The number of rotatable bonds is 8. The fourth-order valence-electron chi connectivity index (χ4n) is 4.68. The number of nitrogens with zero attached hydrogens (tertiary/aromatic N) is 4. The molecule has 0 saturated carbocycles.